The van der Waals surface area contributed by atoms with Crippen molar-refractivity contribution in [1.29, 1.82) is 0 Å². The zero-order valence-electron chi connectivity index (χ0n) is 18.4. The fourth-order valence-electron chi connectivity index (χ4n) is 4.13. The standard InChI is InChI=1S/C25H27F2NO5/c1-31-23(30)18-8-10-19(11-9-18)25(12-13-25)28-22(29)21(17-5-3-6-17)32-15-16-4-2-7-20(14-16)33-24(26)27/h2,4,7-11,14,17,21,24H,3,5-6,12-13,15H2,1H3,(H,28,29). The summed E-state index contributed by atoms with van der Waals surface area (Å²) in [6, 6.07) is 13.4. The number of carbonyl (C=O) groups excluding carboxylic acids is 2. The third kappa shape index (κ3) is 5.50. The van der Waals surface area contributed by atoms with Crippen molar-refractivity contribution in [2.75, 3.05) is 7.11 Å². The van der Waals surface area contributed by atoms with Crippen LogP contribution in [0.3, 0.4) is 0 Å². The highest BCUT2D eigenvalue weighted by Gasteiger charge is 2.47. The maximum Gasteiger partial charge on any atom is 0.387 e. The van der Waals surface area contributed by atoms with E-state index in [1.807, 2.05) is 12.1 Å². The quantitative estimate of drug-likeness (QED) is 0.527. The Hall–Kier alpha value is -3.00. The lowest BCUT2D eigenvalue weighted by atomic mass is 9.80. The molecule has 176 valence electrons. The molecule has 8 heteroatoms. The molecule has 2 aromatic rings. The van der Waals surface area contributed by atoms with Gasteiger partial charge in [-0.05, 0) is 67.0 Å². The molecule has 0 saturated heterocycles. The van der Waals surface area contributed by atoms with E-state index in [1.165, 1.54) is 19.2 Å². The van der Waals surface area contributed by atoms with E-state index >= 15 is 0 Å². The summed E-state index contributed by atoms with van der Waals surface area (Å²) in [5, 5.41) is 3.17. The molecule has 2 saturated carbocycles. The maximum atomic E-state index is 13.2. The molecule has 2 aliphatic rings. The van der Waals surface area contributed by atoms with Crippen LogP contribution in [-0.2, 0) is 26.4 Å². The summed E-state index contributed by atoms with van der Waals surface area (Å²) in [6.07, 6.45) is 3.86. The van der Waals surface area contributed by atoms with Crippen LogP contribution in [0, 0.1) is 5.92 Å². The summed E-state index contributed by atoms with van der Waals surface area (Å²) in [6.45, 7) is -2.78. The van der Waals surface area contributed by atoms with E-state index in [1.54, 1.807) is 24.3 Å². The fraction of sp³-hybridized carbons (Fsp3) is 0.440. The predicted molar refractivity (Wildman–Crippen MR) is 116 cm³/mol. The molecule has 0 bridgehead atoms. The van der Waals surface area contributed by atoms with Gasteiger partial charge in [-0.25, -0.2) is 4.79 Å². The third-order valence-corrected chi connectivity index (χ3v) is 6.36. The summed E-state index contributed by atoms with van der Waals surface area (Å²) in [5.41, 5.74) is 1.59. The Morgan fingerprint density at radius 1 is 1.12 bits per heavy atom. The van der Waals surface area contributed by atoms with Crippen molar-refractivity contribution < 1.29 is 32.6 Å². The predicted octanol–water partition coefficient (Wildman–Crippen LogP) is 4.57. The molecule has 0 radical (unpaired) electrons. The smallest absolute Gasteiger partial charge is 0.387 e. The Balaban J connectivity index is 1.41. The number of ether oxygens (including phenoxy) is 3. The van der Waals surface area contributed by atoms with Crippen LogP contribution in [-0.4, -0.2) is 31.7 Å². The van der Waals surface area contributed by atoms with E-state index in [0.717, 1.165) is 37.7 Å². The molecule has 1 N–H and O–H groups in total. The average molecular weight is 459 g/mol. The van der Waals surface area contributed by atoms with Gasteiger partial charge in [0, 0.05) is 0 Å². The molecule has 33 heavy (non-hydrogen) atoms. The van der Waals surface area contributed by atoms with Crippen LogP contribution in [0.1, 0.15) is 53.6 Å². The largest absolute Gasteiger partial charge is 0.465 e. The van der Waals surface area contributed by atoms with Crippen molar-refractivity contribution >= 4 is 11.9 Å². The number of nitrogens with one attached hydrogen (secondary N) is 1. The number of methoxy groups -OCH3 is 1. The van der Waals surface area contributed by atoms with E-state index in [2.05, 4.69) is 10.1 Å². The van der Waals surface area contributed by atoms with Crippen LogP contribution in [0.4, 0.5) is 8.78 Å². The molecule has 1 amide bonds. The molecule has 0 aromatic heterocycles. The number of amides is 1. The minimum Gasteiger partial charge on any atom is -0.465 e. The van der Waals surface area contributed by atoms with Gasteiger partial charge >= 0.3 is 12.6 Å². The van der Waals surface area contributed by atoms with Gasteiger partial charge in [0.05, 0.1) is 24.8 Å². The number of rotatable bonds is 10. The number of carbonyl (C=O) groups is 2. The zero-order chi connectivity index (χ0) is 23.4. The number of alkyl halides is 2. The number of esters is 1. The molecule has 0 aliphatic heterocycles. The molecular weight excluding hydrogens is 432 g/mol. The molecule has 0 spiro atoms. The number of hydrogen-bond acceptors (Lipinski definition) is 5. The molecule has 4 rings (SSSR count). The van der Waals surface area contributed by atoms with Gasteiger partial charge in [0.1, 0.15) is 11.9 Å². The molecule has 0 heterocycles. The maximum absolute atomic E-state index is 13.2. The Morgan fingerprint density at radius 2 is 1.85 bits per heavy atom. The molecule has 2 fully saturated rings. The number of benzene rings is 2. The van der Waals surface area contributed by atoms with E-state index in [-0.39, 0.29) is 24.2 Å². The summed E-state index contributed by atoms with van der Waals surface area (Å²) in [7, 11) is 1.33. The first kappa shape index (κ1) is 23.2. The van der Waals surface area contributed by atoms with E-state index in [4.69, 9.17) is 9.47 Å². The van der Waals surface area contributed by atoms with E-state index < -0.39 is 24.2 Å². The lowest BCUT2D eigenvalue weighted by molar-refractivity contribution is -0.141. The summed E-state index contributed by atoms with van der Waals surface area (Å²) in [5.74, 6) is -0.391. The first-order valence-electron chi connectivity index (χ1n) is 11.1. The molecular formula is C25H27F2NO5. The van der Waals surface area contributed by atoms with Crippen LogP contribution in [0.15, 0.2) is 48.5 Å². The first-order valence-corrected chi connectivity index (χ1v) is 11.1. The van der Waals surface area contributed by atoms with Crippen LogP contribution in [0.2, 0.25) is 0 Å². The lowest BCUT2D eigenvalue weighted by Gasteiger charge is -2.34. The van der Waals surface area contributed by atoms with E-state index in [0.29, 0.717) is 11.1 Å². The highest BCUT2D eigenvalue weighted by molar-refractivity contribution is 5.89. The van der Waals surface area contributed by atoms with Crippen LogP contribution in [0.25, 0.3) is 0 Å². The molecule has 1 unspecified atom stereocenters. The first-order chi connectivity index (χ1) is 15.9. The molecule has 1 atom stereocenters. The van der Waals surface area contributed by atoms with Gasteiger partial charge in [-0.1, -0.05) is 30.7 Å². The monoisotopic (exact) mass is 459 g/mol. The summed E-state index contributed by atoms with van der Waals surface area (Å²) in [4.78, 5) is 24.9. The Kier molecular flexibility index (Phi) is 6.93. The van der Waals surface area contributed by atoms with Gasteiger partial charge in [-0.3, -0.25) is 4.79 Å². The summed E-state index contributed by atoms with van der Waals surface area (Å²) < 4.78 is 40.2. The normalized spacial score (nSPS) is 17.7. The molecule has 2 aromatic carbocycles. The lowest BCUT2D eigenvalue weighted by Crippen LogP contribution is -2.47. The van der Waals surface area contributed by atoms with Gasteiger partial charge < -0.3 is 19.5 Å². The van der Waals surface area contributed by atoms with Gasteiger partial charge in [-0.15, -0.1) is 0 Å². The number of halogens is 2. The Bertz CT molecular complexity index is 987. The minimum absolute atomic E-state index is 0.0584. The van der Waals surface area contributed by atoms with Gasteiger partial charge in [-0.2, -0.15) is 8.78 Å². The fourth-order valence-corrected chi connectivity index (χ4v) is 4.13. The number of hydrogen-bond donors (Lipinski definition) is 1. The van der Waals surface area contributed by atoms with Crippen molar-refractivity contribution in [1.82, 2.24) is 5.32 Å². The topological polar surface area (TPSA) is 73.9 Å². The van der Waals surface area contributed by atoms with Gasteiger partial charge in [0.25, 0.3) is 0 Å². The van der Waals surface area contributed by atoms with E-state index in [9.17, 15) is 18.4 Å². The Labute approximate surface area is 191 Å². The van der Waals surface area contributed by atoms with Gasteiger partial charge in [0.2, 0.25) is 5.91 Å². The zero-order valence-corrected chi connectivity index (χ0v) is 18.4. The second-order valence-electron chi connectivity index (χ2n) is 8.59. The van der Waals surface area contributed by atoms with Gasteiger partial charge in [0.15, 0.2) is 0 Å². The average Bonchev–Trinajstić information content (AvgIpc) is 3.55. The second kappa shape index (κ2) is 9.87. The molecule has 2 aliphatic carbocycles. The summed E-state index contributed by atoms with van der Waals surface area (Å²) >= 11 is 0. The van der Waals surface area contributed by atoms with Crippen LogP contribution >= 0.6 is 0 Å². The third-order valence-electron chi connectivity index (χ3n) is 6.36. The van der Waals surface area contributed by atoms with Crippen molar-refractivity contribution in [2.24, 2.45) is 5.92 Å². The van der Waals surface area contributed by atoms with Crippen molar-refractivity contribution in [3.05, 3.63) is 65.2 Å². The minimum atomic E-state index is -2.90. The highest BCUT2D eigenvalue weighted by Crippen LogP contribution is 2.46. The Morgan fingerprint density at radius 3 is 2.42 bits per heavy atom. The highest BCUT2D eigenvalue weighted by atomic mass is 19.3. The second-order valence-corrected chi connectivity index (χ2v) is 8.59. The SMILES string of the molecule is COC(=O)c1ccc(C2(NC(=O)C(OCc3cccc(OC(F)F)c3)C3CCC3)CC2)cc1. The van der Waals surface area contributed by atoms with Crippen molar-refractivity contribution in [2.45, 2.75) is 57.0 Å². The van der Waals surface area contributed by atoms with Crippen LogP contribution < -0.4 is 10.1 Å². The van der Waals surface area contributed by atoms with Crippen LogP contribution in [0.5, 0.6) is 5.75 Å². The molecule has 6 nitrogen and oxygen atoms in total. The van der Waals surface area contributed by atoms with Crippen molar-refractivity contribution in [3.63, 3.8) is 0 Å². The van der Waals surface area contributed by atoms with Crippen molar-refractivity contribution in [3.8, 4) is 5.75 Å².